The first-order chi connectivity index (χ1) is 25.1. The van der Waals surface area contributed by atoms with Crippen LogP contribution in [-0.2, 0) is 44.9 Å². The number of hydrogen-bond acceptors (Lipinski definition) is 8. The van der Waals surface area contributed by atoms with Crippen LogP contribution in [0, 0.1) is 5.41 Å². The molecular weight excluding hydrogens is 715 g/mol. The fourth-order valence-electron chi connectivity index (χ4n) is 5.24. The second-order valence-corrected chi connectivity index (χ2v) is 12.9. The third-order valence-electron chi connectivity index (χ3n) is 7.84. The summed E-state index contributed by atoms with van der Waals surface area (Å²) in [6.07, 6.45) is -4.01. The summed E-state index contributed by atoms with van der Waals surface area (Å²) < 4.78 is 36.8. The van der Waals surface area contributed by atoms with Crippen LogP contribution in [0.2, 0.25) is 0 Å². The molecule has 0 saturated heterocycles. The van der Waals surface area contributed by atoms with Gasteiger partial charge in [0.1, 0.15) is 11.9 Å². The van der Waals surface area contributed by atoms with Gasteiger partial charge in [-0.05, 0) is 66.9 Å². The number of aliphatic carboxylic acids is 1. The smallest absolute Gasteiger partial charge is 0.475 e. The number of thiophene rings is 1. The Kier molecular flexibility index (Phi) is 13.5. The Morgan fingerprint density at radius 2 is 1.55 bits per heavy atom. The summed E-state index contributed by atoms with van der Waals surface area (Å²) in [5.74, 6) is -4.02. The lowest BCUT2D eigenvalue weighted by Gasteiger charge is -2.31. The summed E-state index contributed by atoms with van der Waals surface area (Å²) in [6.45, 7) is 2.95. The second kappa shape index (κ2) is 17.9. The van der Waals surface area contributed by atoms with Crippen molar-refractivity contribution in [2.75, 3.05) is 18.5 Å². The number of ether oxygens (including phenoxy) is 1. The maximum Gasteiger partial charge on any atom is 0.490 e. The van der Waals surface area contributed by atoms with Crippen molar-refractivity contribution in [2.24, 2.45) is 5.73 Å². The monoisotopic (exact) mass is 751 g/mol. The SMILES string of the molecule is CCOC(=O)Cc1cc2c(s1)CCN(C(=O)[C@H](Cc1ccc(NC(=O)c3ccccc3)cc1)NC(=O)c1ccc(C(=N)N)cc1)C2.O=C(O)C(F)(F)F. The third-order valence-corrected chi connectivity index (χ3v) is 9.08. The van der Waals surface area contributed by atoms with Gasteiger partial charge in [0.25, 0.3) is 11.8 Å². The molecule has 3 aromatic carbocycles. The second-order valence-electron chi connectivity index (χ2n) is 11.7. The standard InChI is InChI=1S/C35H35N5O5S.C2HF3O2/c1-2-45-31(41)20-28-19-26-21-40(17-16-30(26)46-28)35(44)29(39-34(43)25-12-10-23(11-13-25)32(36)37)18-22-8-14-27(15-9-22)38-33(42)24-6-4-3-5-7-24;3-2(4,5)1(6)7/h3-15,19,29H,2,16-18,20-21H2,1H3,(H3,36,37)(H,38,42)(H,39,43);(H,6,7)/t29-;/m0./s1. The molecule has 1 aromatic heterocycles. The number of fused-ring (bicyclic) bond motifs is 1. The van der Waals surface area contributed by atoms with Crippen LogP contribution >= 0.6 is 11.3 Å². The van der Waals surface area contributed by atoms with E-state index in [0.717, 1.165) is 20.9 Å². The minimum absolute atomic E-state index is 0.105. The van der Waals surface area contributed by atoms with Gasteiger partial charge in [0, 0.05) is 51.6 Å². The number of carboxylic acids is 1. The molecule has 1 aliphatic heterocycles. The summed E-state index contributed by atoms with van der Waals surface area (Å²) in [7, 11) is 0. The van der Waals surface area contributed by atoms with Gasteiger partial charge in [-0.2, -0.15) is 13.2 Å². The van der Waals surface area contributed by atoms with Crippen molar-refractivity contribution in [3.05, 3.63) is 123 Å². The highest BCUT2D eigenvalue weighted by molar-refractivity contribution is 7.12. The van der Waals surface area contributed by atoms with E-state index in [4.69, 9.17) is 25.8 Å². The van der Waals surface area contributed by atoms with Crippen LogP contribution in [0.4, 0.5) is 18.9 Å². The first kappa shape index (κ1) is 39.8. The number of amides is 3. The number of nitrogens with two attached hydrogens (primary N) is 1. The third kappa shape index (κ3) is 11.5. The van der Waals surface area contributed by atoms with E-state index < -0.39 is 24.1 Å². The predicted octanol–water partition coefficient (Wildman–Crippen LogP) is 4.95. The van der Waals surface area contributed by atoms with Crippen molar-refractivity contribution in [2.45, 2.75) is 44.9 Å². The van der Waals surface area contributed by atoms with Gasteiger partial charge < -0.3 is 31.1 Å². The Morgan fingerprint density at radius 1 is 0.943 bits per heavy atom. The Labute approximate surface area is 306 Å². The molecule has 0 aliphatic carbocycles. The van der Waals surface area contributed by atoms with Gasteiger partial charge in [0.15, 0.2) is 0 Å². The number of nitrogen functional groups attached to an aromatic ring is 1. The minimum atomic E-state index is -5.08. The number of hydrogen-bond donors (Lipinski definition) is 5. The summed E-state index contributed by atoms with van der Waals surface area (Å²) in [4.78, 5) is 64.6. The number of esters is 1. The lowest BCUT2D eigenvalue weighted by atomic mass is 10.0. The highest BCUT2D eigenvalue weighted by Crippen LogP contribution is 2.29. The van der Waals surface area contributed by atoms with Crippen molar-refractivity contribution in [1.29, 1.82) is 5.41 Å². The van der Waals surface area contributed by atoms with Crippen LogP contribution in [0.1, 0.15) is 54.1 Å². The molecule has 53 heavy (non-hydrogen) atoms. The molecule has 278 valence electrons. The van der Waals surface area contributed by atoms with Gasteiger partial charge in [-0.15, -0.1) is 11.3 Å². The number of anilines is 1. The predicted molar refractivity (Wildman–Crippen MR) is 191 cm³/mol. The molecule has 12 nitrogen and oxygen atoms in total. The quantitative estimate of drug-likeness (QED) is 0.0808. The topological polar surface area (TPSA) is 192 Å². The van der Waals surface area contributed by atoms with Crippen molar-refractivity contribution in [3.8, 4) is 0 Å². The molecule has 0 fully saturated rings. The number of alkyl halides is 3. The maximum absolute atomic E-state index is 14.0. The number of benzene rings is 3. The first-order valence-electron chi connectivity index (χ1n) is 16.2. The number of rotatable bonds is 11. The Hall–Kier alpha value is -6.03. The van der Waals surface area contributed by atoms with Crippen LogP contribution in [0.25, 0.3) is 0 Å². The summed E-state index contributed by atoms with van der Waals surface area (Å²) in [5.41, 5.74) is 9.32. The highest BCUT2D eigenvalue weighted by Gasteiger charge is 2.38. The maximum atomic E-state index is 14.0. The Bertz CT molecular complexity index is 1950. The molecule has 6 N–H and O–H groups in total. The lowest BCUT2D eigenvalue weighted by Crippen LogP contribution is -2.50. The van der Waals surface area contributed by atoms with E-state index in [9.17, 15) is 32.3 Å². The molecular formula is C37H36F3N5O7S. The minimum Gasteiger partial charge on any atom is -0.475 e. The molecule has 0 saturated carbocycles. The van der Waals surface area contributed by atoms with Crippen LogP contribution in [0.15, 0.2) is 84.9 Å². The van der Waals surface area contributed by atoms with Gasteiger partial charge in [-0.25, -0.2) is 4.79 Å². The lowest BCUT2D eigenvalue weighted by molar-refractivity contribution is -0.192. The van der Waals surface area contributed by atoms with Gasteiger partial charge in [-0.3, -0.25) is 24.6 Å². The van der Waals surface area contributed by atoms with E-state index in [0.29, 0.717) is 48.5 Å². The number of carboxylic acid groups (broad SMARTS) is 1. The molecule has 5 rings (SSSR count). The molecule has 1 aliphatic rings. The zero-order valence-corrected chi connectivity index (χ0v) is 29.2. The van der Waals surface area contributed by atoms with E-state index in [-0.39, 0.29) is 36.5 Å². The fraction of sp³-hybridized carbons (Fsp3) is 0.243. The van der Waals surface area contributed by atoms with Crippen LogP contribution in [0.3, 0.4) is 0 Å². The zero-order chi connectivity index (χ0) is 38.7. The van der Waals surface area contributed by atoms with E-state index in [1.165, 1.54) is 0 Å². The van der Waals surface area contributed by atoms with E-state index in [2.05, 4.69) is 10.6 Å². The average molecular weight is 752 g/mol. The number of carbonyl (C=O) groups excluding carboxylic acids is 4. The number of nitrogens with one attached hydrogen (secondary N) is 3. The molecule has 4 aromatic rings. The molecule has 1 atom stereocenters. The number of amidine groups is 1. The Morgan fingerprint density at radius 3 is 2.13 bits per heavy atom. The van der Waals surface area contributed by atoms with Crippen LogP contribution in [0.5, 0.6) is 0 Å². The van der Waals surface area contributed by atoms with Gasteiger partial charge in [0.2, 0.25) is 5.91 Å². The fourth-order valence-corrected chi connectivity index (χ4v) is 6.40. The number of halogens is 3. The highest BCUT2D eigenvalue weighted by atomic mass is 32.1. The van der Waals surface area contributed by atoms with Gasteiger partial charge in [0.05, 0.1) is 13.0 Å². The summed E-state index contributed by atoms with van der Waals surface area (Å²) >= 11 is 1.57. The van der Waals surface area contributed by atoms with Crippen LogP contribution < -0.4 is 16.4 Å². The van der Waals surface area contributed by atoms with E-state index in [1.807, 2.05) is 24.3 Å². The summed E-state index contributed by atoms with van der Waals surface area (Å²) in [5, 5.41) is 20.5. The molecule has 16 heteroatoms. The number of carbonyl (C=O) groups is 5. The molecule has 0 unspecified atom stereocenters. The zero-order valence-electron chi connectivity index (χ0n) is 28.4. The summed E-state index contributed by atoms with van der Waals surface area (Å²) in [6, 6.07) is 23.5. The van der Waals surface area contributed by atoms with Crippen molar-refractivity contribution < 1.29 is 47.0 Å². The largest absolute Gasteiger partial charge is 0.490 e. The van der Waals surface area contributed by atoms with E-state index >= 15 is 0 Å². The molecule has 0 spiro atoms. The van der Waals surface area contributed by atoms with Gasteiger partial charge >= 0.3 is 18.1 Å². The Balaban J connectivity index is 0.000000815. The first-order valence-corrected chi connectivity index (χ1v) is 17.0. The average Bonchev–Trinajstić information content (AvgIpc) is 3.53. The number of nitrogens with zero attached hydrogens (tertiary/aromatic N) is 1. The van der Waals surface area contributed by atoms with Crippen LogP contribution in [-0.4, -0.2) is 70.9 Å². The van der Waals surface area contributed by atoms with Crippen molar-refractivity contribution in [1.82, 2.24) is 10.2 Å². The molecule has 3 amide bonds. The van der Waals surface area contributed by atoms with E-state index in [1.54, 1.807) is 83.8 Å². The van der Waals surface area contributed by atoms with Crippen molar-refractivity contribution in [3.63, 3.8) is 0 Å². The normalized spacial score (nSPS) is 12.6. The molecule has 0 radical (unpaired) electrons. The molecule has 2 heterocycles. The van der Waals surface area contributed by atoms with Crippen molar-refractivity contribution >= 4 is 52.5 Å². The van der Waals surface area contributed by atoms with Gasteiger partial charge in [-0.1, -0.05) is 42.5 Å². The molecule has 0 bridgehead atoms.